The van der Waals surface area contributed by atoms with Crippen molar-refractivity contribution >= 4 is 22.9 Å². The van der Waals surface area contributed by atoms with E-state index in [1.165, 1.54) is 4.88 Å². The molecule has 0 fully saturated rings. The third kappa shape index (κ3) is 4.49. The van der Waals surface area contributed by atoms with Gasteiger partial charge in [-0.15, -0.1) is 11.3 Å². The number of hydrogen-bond donors (Lipinski definition) is 2. The highest BCUT2D eigenvalue weighted by Gasteiger charge is 2.12. The Hall–Kier alpha value is -2.01. The lowest BCUT2D eigenvalue weighted by atomic mass is 10.1. The van der Waals surface area contributed by atoms with E-state index in [9.17, 15) is 4.79 Å². The first-order valence-corrected chi connectivity index (χ1v) is 7.83. The zero-order valence-corrected chi connectivity index (χ0v) is 13.1. The Morgan fingerprint density at radius 2 is 2.24 bits per heavy atom. The summed E-state index contributed by atoms with van der Waals surface area (Å²) in [4.78, 5) is 13.5. The Balaban J connectivity index is 2.02. The molecule has 0 aliphatic carbocycles. The Bertz CT molecular complexity index is 596. The van der Waals surface area contributed by atoms with Crippen molar-refractivity contribution in [1.82, 2.24) is 5.32 Å². The minimum Gasteiger partial charge on any atom is -0.494 e. The van der Waals surface area contributed by atoms with Crippen LogP contribution in [0.15, 0.2) is 35.7 Å². The van der Waals surface area contributed by atoms with E-state index in [2.05, 4.69) is 11.4 Å². The summed E-state index contributed by atoms with van der Waals surface area (Å²) >= 11 is 1.69. The van der Waals surface area contributed by atoms with Crippen molar-refractivity contribution in [2.75, 3.05) is 12.3 Å². The monoisotopic (exact) mass is 304 g/mol. The van der Waals surface area contributed by atoms with Crippen LogP contribution in [0.2, 0.25) is 0 Å². The van der Waals surface area contributed by atoms with E-state index in [0.29, 0.717) is 23.6 Å². The van der Waals surface area contributed by atoms with Crippen LogP contribution in [0, 0.1) is 0 Å². The third-order valence-electron chi connectivity index (χ3n) is 2.97. The number of nitrogens with two attached hydrogens (primary N) is 1. The van der Waals surface area contributed by atoms with E-state index in [1.807, 2.05) is 25.3 Å². The maximum absolute atomic E-state index is 12.3. The number of carbonyl (C=O) groups is 1. The van der Waals surface area contributed by atoms with E-state index in [4.69, 9.17) is 10.5 Å². The highest BCUT2D eigenvalue weighted by molar-refractivity contribution is 7.09. The summed E-state index contributed by atoms with van der Waals surface area (Å²) in [6.45, 7) is 4.43. The normalized spacial score (nSPS) is 11.9. The lowest BCUT2D eigenvalue weighted by molar-refractivity contribution is 0.0940. The molecule has 5 heteroatoms. The van der Waals surface area contributed by atoms with Crippen LogP contribution in [0.4, 0.5) is 5.69 Å². The average Bonchev–Trinajstić information content (AvgIpc) is 2.91. The molecule has 0 bridgehead atoms. The highest BCUT2D eigenvalue weighted by Crippen LogP contribution is 2.19. The standard InChI is InChI=1S/C16H20N2O2S/c1-3-20-14-9-12(8-13(17)10-14)16(19)18-11(2)7-15-5-4-6-21-15/h4-6,8-11H,3,7,17H2,1-2H3,(H,18,19). The van der Waals surface area contributed by atoms with Gasteiger partial charge in [-0.2, -0.15) is 0 Å². The van der Waals surface area contributed by atoms with Crippen LogP contribution in [-0.2, 0) is 6.42 Å². The Labute approximate surface area is 128 Å². The fraction of sp³-hybridized carbons (Fsp3) is 0.312. The molecule has 1 atom stereocenters. The van der Waals surface area contributed by atoms with E-state index in [1.54, 1.807) is 29.5 Å². The van der Waals surface area contributed by atoms with Crippen LogP contribution in [0.25, 0.3) is 0 Å². The van der Waals surface area contributed by atoms with Gasteiger partial charge in [-0.05, 0) is 37.4 Å². The quantitative estimate of drug-likeness (QED) is 0.806. The smallest absolute Gasteiger partial charge is 0.251 e. The number of nitrogen functional groups attached to an aromatic ring is 1. The van der Waals surface area contributed by atoms with Gasteiger partial charge in [0.15, 0.2) is 0 Å². The van der Waals surface area contributed by atoms with Crippen molar-refractivity contribution in [3.8, 4) is 5.75 Å². The molecule has 1 aromatic heterocycles. The molecule has 0 saturated carbocycles. The molecule has 0 saturated heterocycles. The van der Waals surface area contributed by atoms with Crippen molar-refractivity contribution in [3.63, 3.8) is 0 Å². The number of amides is 1. The molecule has 3 N–H and O–H groups in total. The molecule has 1 unspecified atom stereocenters. The molecule has 0 radical (unpaired) electrons. The molecule has 2 aromatic rings. The predicted molar refractivity (Wildman–Crippen MR) is 87.0 cm³/mol. The third-order valence-corrected chi connectivity index (χ3v) is 3.87. The molecule has 112 valence electrons. The van der Waals surface area contributed by atoms with Crippen molar-refractivity contribution in [2.45, 2.75) is 26.3 Å². The molecule has 0 aliphatic heterocycles. The van der Waals surface area contributed by atoms with E-state index >= 15 is 0 Å². The summed E-state index contributed by atoms with van der Waals surface area (Å²) < 4.78 is 5.41. The molecular weight excluding hydrogens is 284 g/mol. The predicted octanol–water partition coefficient (Wildman–Crippen LogP) is 3.09. The Morgan fingerprint density at radius 1 is 1.43 bits per heavy atom. The highest BCUT2D eigenvalue weighted by atomic mass is 32.1. The molecule has 21 heavy (non-hydrogen) atoms. The van der Waals surface area contributed by atoms with Gasteiger partial charge in [-0.25, -0.2) is 0 Å². The second-order valence-electron chi connectivity index (χ2n) is 4.88. The molecule has 0 aliphatic rings. The molecule has 1 aromatic carbocycles. The van der Waals surface area contributed by atoms with E-state index < -0.39 is 0 Å². The first-order valence-electron chi connectivity index (χ1n) is 6.95. The van der Waals surface area contributed by atoms with Gasteiger partial charge in [0, 0.05) is 34.7 Å². The van der Waals surface area contributed by atoms with E-state index in [0.717, 1.165) is 6.42 Å². The number of hydrogen-bond acceptors (Lipinski definition) is 4. The summed E-state index contributed by atoms with van der Waals surface area (Å²) in [6.07, 6.45) is 0.823. The van der Waals surface area contributed by atoms with Crippen LogP contribution in [0.5, 0.6) is 5.75 Å². The van der Waals surface area contributed by atoms with Crippen LogP contribution in [0.3, 0.4) is 0 Å². The van der Waals surface area contributed by atoms with Crippen LogP contribution in [-0.4, -0.2) is 18.6 Å². The molecule has 1 amide bonds. The van der Waals surface area contributed by atoms with Crippen LogP contribution in [0.1, 0.15) is 29.1 Å². The number of benzene rings is 1. The van der Waals surface area contributed by atoms with Gasteiger partial charge in [0.25, 0.3) is 5.91 Å². The lowest BCUT2D eigenvalue weighted by Gasteiger charge is -2.14. The van der Waals surface area contributed by atoms with Gasteiger partial charge in [-0.1, -0.05) is 6.07 Å². The van der Waals surface area contributed by atoms with Crippen LogP contribution < -0.4 is 15.8 Å². The number of rotatable bonds is 6. The summed E-state index contributed by atoms with van der Waals surface area (Å²) in [5, 5.41) is 5.03. The van der Waals surface area contributed by atoms with Gasteiger partial charge < -0.3 is 15.8 Å². The summed E-state index contributed by atoms with van der Waals surface area (Å²) in [5.74, 6) is 0.487. The SMILES string of the molecule is CCOc1cc(N)cc(C(=O)NC(C)Cc2cccs2)c1. The second-order valence-corrected chi connectivity index (χ2v) is 5.91. The second kappa shape index (κ2) is 7.13. The summed E-state index contributed by atoms with van der Waals surface area (Å²) in [6, 6.07) is 9.24. The maximum Gasteiger partial charge on any atom is 0.251 e. The van der Waals surface area contributed by atoms with Crippen LogP contribution >= 0.6 is 11.3 Å². The van der Waals surface area contributed by atoms with Gasteiger partial charge >= 0.3 is 0 Å². The van der Waals surface area contributed by atoms with Crippen molar-refractivity contribution < 1.29 is 9.53 Å². The summed E-state index contributed by atoms with van der Waals surface area (Å²) in [5.41, 5.74) is 6.86. The van der Waals surface area contributed by atoms with Gasteiger partial charge in [0.05, 0.1) is 6.61 Å². The Kier molecular flexibility index (Phi) is 5.22. The van der Waals surface area contributed by atoms with Crippen molar-refractivity contribution in [1.29, 1.82) is 0 Å². The number of nitrogens with one attached hydrogen (secondary N) is 1. The number of ether oxygens (including phenoxy) is 1. The molecular formula is C16H20N2O2S. The number of anilines is 1. The minimum atomic E-state index is -0.132. The fourth-order valence-corrected chi connectivity index (χ4v) is 2.93. The van der Waals surface area contributed by atoms with Gasteiger partial charge in [-0.3, -0.25) is 4.79 Å². The molecule has 2 rings (SSSR count). The summed E-state index contributed by atoms with van der Waals surface area (Å²) in [7, 11) is 0. The Morgan fingerprint density at radius 3 is 2.90 bits per heavy atom. The first-order chi connectivity index (χ1) is 10.1. The molecule has 1 heterocycles. The van der Waals surface area contributed by atoms with Gasteiger partial charge in [0.1, 0.15) is 5.75 Å². The fourth-order valence-electron chi connectivity index (χ4n) is 2.09. The van der Waals surface area contributed by atoms with Gasteiger partial charge in [0.2, 0.25) is 0 Å². The molecule has 4 nitrogen and oxygen atoms in total. The topological polar surface area (TPSA) is 64.3 Å². The first kappa shape index (κ1) is 15.4. The minimum absolute atomic E-state index is 0.0631. The van der Waals surface area contributed by atoms with E-state index in [-0.39, 0.29) is 11.9 Å². The van der Waals surface area contributed by atoms with Crippen molar-refractivity contribution in [2.24, 2.45) is 0 Å². The lowest BCUT2D eigenvalue weighted by Crippen LogP contribution is -2.33. The zero-order valence-electron chi connectivity index (χ0n) is 12.3. The average molecular weight is 304 g/mol. The maximum atomic E-state index is 12.3. The number of thiophene rings is 1. The molecule has 0 spiro atoms. The zero-order chi connectivity index (χ0) is 15.2. The van der Waals surface area contributed by atoms with Crippen molar-refractivity contribution in [3.05, 3.63) is 46.2 Å². The number of carbonyl (C=O) groups excluding carboxylic acids is 1. The largest absolute Gasteiger partial charge is 0.494 e.